The van der Waals surface area contributed by atoms with Crippen LogP contribution in [0.15, 0.2) is 12.7 Å². The predicted molar refractivity (Wildman–Crippen MR) is 46.3 cm³/mol. The fourth-order valence-electron chi connectivity index (χ4n) is 0.651. The van der Waals surface area contributed by atoms with Crippen molar-refractivity contribution < 1.29 is 8.22 Å². The second-order valence-electron chi connectivity index (χ2n) is 2.18. The standard InChI is InChI=1S/C6H12F2SSi/c1-2-5-10(7,8)6-3-4-9/h2,9H,1,3-6H2. The average Bonchev–Trinajstić information content (AvgIpc) is 1.84. The first-order valence-corrected chi connectivity index (χ1v) is 6.02. The fraction of sp³-hybridized carbons (Fsp3) is 0.667. The molecule has 0 fully saturated rings. The monoisotopic (exact) mass is 182 g/mol. The second kappa shape index (κ2) is 4.90. The Morgan fingerprint density at radius 2 is 2.10 bits per heavy atom. The van der Waals surface area contributed by atoms with E-state index >= 15 is 0 Å². The van der Waals surface area contributed by atoms with E-state index in [0.717, 1.165) is 0 Å². The Kier molecular flexibility index (Phi) is 4.98. The summed E-state index contributed by atoms with van der Waals surface area (Å²) >= 11 is 3.86. The Hall–Kier alpha value is 0.167. The van der Waals surface area contributed by atoms with Crippen LogP contribution in [0.25, 0.3) is 0 Å². The molecule has 0 aromatic carbocycles. The van der Waals surface area contributed by atoms with Gasteiger partial charge in [0.1, 0.15) is 0 Å². The third-order valence-electron chi connectivity index (χ3n) is 1.14. The molecule has 0 rings (SSSR count). The number of hydrogen-bond acceptors (Lipinski definition) is 1. The number of thiol groups is 1. The van der Waals surface area contributed by atoms with Crippen molar-refractivity contribution in [1.29, 1.82) is 0 Å². The molecule has 0 aliphatic heterocycles. The lowest BCUT2D eigenvalue weighted by Crippen LogP contribution is -2.20. The summed E-state index contributed by atoms with van der Waals surface area (Å²) in [5, 5.41) is 0. The summed E-state index contributed by atoms with van der Waals surface area (Å²) in [4.78, 5) is 0. The van der Waals surface area contributed by atoms with E-state index in [1.54, 1.807) is 0 Å². The molecule has 0 saturated heterocycles. The zero-order valence-corrected chi connectivity index (χ0v) is 7.71. The Labute approximate surface area is 67.1 Å². The summed E-state index contributed by atoms with van der Waals surface area (Å²) in [6.07, 6.45) is 1.83. The minimum atomic E-state index is -3.89. The molecule has 0 heterocycles. The molecule has 0 atom stereocenters. The molecule has 0 nitrogen and oxygen atoms in total. The van der Waals surface area contributed by atoms with Gasteiger partial charge >= 0.3 is 8.74 Å². The van der Waals surface area contributed by atoms with Crippen LogP contribution in [0.4, 0.5) is 8.22 Å². The second-order valence-corrected chi connectivity index (χ2v) is 5.24. The van der Waals surface area contributed by atoms with Crippen LogP contribution in [-0.2, 0) is 0 Å². The fourth-order valence-corrected chi connectivity index (χ4v) is 2.43. The van der Waals surface area contributed by atoms with Crippen LogP contribution < -0.4 is 0 Å². The minimum Gasteiger partial charge on any atom is -0.270 e. The molecular weight excluding hydrogens is 170 g/mol. The largest absolute Gasteiger partial charge is 0.428 e. The molecule has 0 saturated carbocycles. The van der Waals surface area contributed by atoms with Gasteiger partial charge in [-0.05, 0) is 18.2 Å². The zero-order valence-electron chi connectivity index (χ0n) is 5.82. The van der Waals surface area contributed by atoms with Crippen molar-refractivity contribution in [3.05, 3.63) is 12.7 Å². The van der Waals surface area contributed by atoms with Gasteiger partial charge in [-0.25, -0.2) is 0 Å². The molecule has 0 aliphatic carbocycles. The number of allylic oxidation sites excluding steroid dienone is 1. The third-order valence-corrected chi connectivity index (χ3v) is 3.43. The van der Waals surface area contributed by atoms with Gasteiger partial charge in [-0.15, -0.1) is 6.58 Å². The van der Waals surface area contributed by atoms with Gasteiger partial charge < -0.3 is 0 Å². The van der Waals surface area contributed by atoms with E-state index in [0.29, 0.717) is 12.2 Å². The van der Waals surface area contributed by atoms with Gasteiger partial charge in [0.25, 0.3) is 0 Å². The number of halogens is 2. The number of hydrogen-bond donors (Lipinski definition) is 1. The van der Waals surface area contributed by atoms with Crippen molar-refractivity contribution in [1.82, 2.24) is 0 Å². The van der Waals surface area contributed by atoms with Crippen LogP contribution in [0.2, 0.25) is 12.1 Å². The van der Waals surface area contributed by atoms with E-state index in [1.165, 1.54) is 6.08 Å². The molecule has 0 bridgehead atoms. The van der Waals surface area contributed by atoms with Crippen LogP contribution in [0, 0.1) is 0 Å². The van der Waals surface area contributed by atoms with Crippen molar-refractivity contribution in [3.63, 3.8) is 0 Å². The summed E-state index contributed by atoms with van der Waals surface area (Å²) in [7, 11) is -3.89. The highest BCUT2D eigenvalue weighted by Gasteiger charge is 2.32. The van der Waals surface area contributed by atoms with Gasteiger partial charge in [-0.3, -0.25) is 8.22 Å². The van der Waals surface area contributed by atoms with E-state index in [2.05, 4.69) is 19.2 Å². The maximum atomic E-state index is 12.6. The van der Waals surface area contributed by atoms with E-state index < -0.39 is 8.74 Å². The Bertz CT molecular complexity index is 106. The molecule has 0 amide bonds. The summed E-state index contributed by atoms with van der Waals surface area (Å²) in [5.74, 6) is 0.555. The molecule has 0 N–H and O–H groups in total. The summed E-state index contributed by atoms with van der Waals surface area (Å²) in [5.41, 5.74) is 0. The topological polar surface area (TPSA) is 0 Å². The molecule has 0 aromatic rings. The number of rotatable bonds is 5. The highest BCUT2D eigenvalue weighted by molar-refractivity contribution is 7.80. The lowest BCUT2D eigenvalue weighted by atomic mass is 10.6. The third kappa shape index (κ3) is 4.99. The van der Waals surface area contributed by atoms with E-state index in [1.807, 2.05) is 0 Å². The van der Waals surface area contributed by atoms with Crippen LogP contribution in [0.3, 0.4) is 0 Å². The molecule has 4 heteroatoms. The molecule has 0 unspecified atom stereocenters. The van der Waals surface area contributed by atoms with Gasteiger partial charge in [-0.1, -0.05) is 6.08 Å². The lowest BCUT2D eigenvalue weighted by molar-refractivity contribution is 0.593. The Morgan fingerprint density at radius 3 is 2.50 bits per heavy atom. The normalized spacial score (nSPS) is 11.5. The van der Waals surface area contributed by atoms with Crippen molar-refractivity contribution in [2.75, 3.05) is 5.75 Å². The first kappa shape index (κ1) is 10.2. The van der Waals surface area contributed by atoms with Crippen LogP contribution in [-0.4, -0.2) is 14.5 Å². The highest BCUT2D eigenvalue weighted by Crippen LogP contribution is 2.21. The van der Waals surface area contributed by atoms with Crippen molar-refractivity contribution in [2.45, 2.75) is 18.5 Å². The molecule has 60 valence electrons. The van der Waals surface area contributed by atoms with Gasteiger partial charge in [-0.2, -0.15) is 12.6 Å². The smallest absolute Gasteiger partial charge is 0.270 e. The molecule has 0 spiro atoms. The molecule has 0 radical (unpaired) electrons. The summed E-state index contributed by atoms with van der Waals surface area (Å²) in [6.45, 7) is 3.29. The van der Waals surface area contributed by atoms with E-state index in [-0.39, 0.29) is 12.1 Å². The van der Waals surface area contributed by atoms with Gasteiger partial charge in [0.05, 0.1) is 0 Å². The van der Waals surface area contributed by atoms with Crippen LogP contribution >= 0.6 is 12.6 Å². The van der Waals surface area contributed by atoms with Crippen molar-refractivity contribution in [3.8, 4) is 0 Å². The summed E-state index contributed by atoms with van der Waals surface area (Å²) < 4.78 is 25.3. The van der Waals surface area contributed by atoms with Gasteiger partial charge in [0.2, 0.25) is 0 Å². The predicted octanol–water partition coefficient (Wildman–Crippen LogP) is 2.87. The molecule has 10 heavy (non-hydrogen) atoms. The van der Waals surface area contributed by atoms with Crippen molar-refractivity contribution >= 4 is 21.4 Å². The molecular formula is C6H12F2SSi. The quantitative estimate of drug-likeness (QED) is 0.287. The maximum absolute atomic E-state index is 12.6. The first-order valence-electron chi connectivity index (χ1n) is 3.22. The SMILES string of the molecule is C=CC[Si](F)(F)CCCS. The Morgan fingerprint density at radius 1 is 1.50 bits per heavy atom. The van der Waals surface area contributed by atoms with Crippen LogP contribution in [0.5, 0.6) is 0 Å². The molecule has 0 aliphatic rings. The van der Waals surface area contributed by atoms with Gasteiger partial charge in [0, 0.05) is 6.04 Å². The van der Waals surface area contributed by atoms with Crippen LogP contribution in [0.1, 0.15) is 6.42 Å². The zero-order chi connectivity index (χ0) is 8.04. The van der Waals surface area contributed by atoms with E-state index in [4.69, 9.17) is 0 Å². The maximum Gasteiger partial charge on any atom is 0.428 e. The average molecular weight is 182 g/mol. The van der Waals surface area contributed by atoms with Crippen molar-refractivity contribution in [2.24, 2.45) is 0 Å². The lowest BCUT2D eigenvalue weighted by Gasteiger charge is -2.08. The minimum absolute atomic E-state index is 0.0581. The summed E-state index contributed by atoms with van der Waals surface area (Å²) in [6, 6.07) is -0.0245. The first-order chi connectivity index (χ1) is 4.62. The molecule has 0 aromatic heterocycles. The van der Waals surface area contributed by atoms with Gasteiger partial charge in [0.15, 0.2) is 0 Å². The highest BCUT2D eigenvalue weighted by atomic mass is 32.1. The Balaban J connectivity index is 3.51. The van der Waals surface area contributed by atoms with E-state index in [9.17, 15) is 8.22 Å².